The van der Waals surface area contributed by atoms with E-state index in [0.717, 1.165) is 22.5 Å². The normalized spacial score (nSPS) is 12.1. The first-order chi connectivity index (χ1) is 9.14. The average molecular weight is 367 g/mol. The number of halogens is 2. The van der Waals surface area contributed by atoms with Gasteiger partial charge in [-0.1, -0.05) is 13.8 Å². The number of rotatable bonds is 6. The molecule has 112 valence electrons. The second-order valence-electron chi connectivity index (χ2n) is 4.73. The monoisotopic (exact) mass is 366 g/mol. The van der Waals surface area contributed by atoms with Crippen LogP contribution in [0.25, 0.3) is 0 Å². The Hall–Kier alpha value is -0.990. The Morgan fingerprint density at radius 2 is 2.05 bits per heavy atom. The topological polar surface area (TPSA) is 80.5 Å². The predicted octanol–water partition coefficient (Wildman–Crippen LogP) is 1.72. The minimum atomic E-state index is -3.92. The molecule has 0 saturated carbocycles. The first kappa shape index (κ1) is 17.1. The zero-order valence-corrected chi connectivity index (χ0v) is 13.5. The molecule has 0 aliphatic carbocycles. The van der Waals surface area contributed by atoms with Gasteiger partial charge in [-0.15, -0.1) is 0 Å². The summed E-state index contributed by atoms with van der Waals surface area (Å²) < 4.78 is 39.2. The molecule has 0 bridgehead atoms. The summed E-state index contributed by atoms with van der Waals surface area (Å²) >= 11 is 3.02. The molecule has 0 aliphatic rings. The van der Waals surface area contributed by atoms with E-state index in [-0.39, 0.29) is 21.8 Å². The summed E-state index contributed by atoms with van der Waals surface area (Å²) in [5.74, 6) is -1.28. The van der Waals surface area contributed by atoms with Crippen LogP contribution in [0.1, 0.15) is 13.8 Å². The maximum atomic E-state index is 13.0. The summed E-state index contributed by atoms with van der Waals surface area (Å²) in [7, 11) is -3.92. The number of amides is 1. The van der Waals surface area contributed by atoms with Crippen molar-refractivity contribution < 1.29 is 17.6 Å². The fourth-order valence-electron chi connectivity index (χ4n) is 1.65. The highest BCUT2D eigenvalue weighted by atomic mass is 79.9. The number of sulfonamides is 1. The highest BCUT2D eigenvalue weighted by Gasteiger charge is 2.28. The van der Waals surface area contributed by atoms with Crippen LogP contribution in [0.15, 0.2) is 27.6 Å². The fraction of sp³-hybridized carbons (Fsp3) is 0.417. The van der Waals surface area contributed by atoms with Gasteiger partial charge >= 0.3 is 0 Å². The largest absolute Gasteiger partial charge is 0.369 e. The maximum Gasteiger partial charge on any atom is 0.244 e. The number of nitrogens with two attached hydrogens (primary N) is 1. The van der Waals surface area contributed by atoms with Gasteiger partial charge in [0.25, 0.3) is 0 Å². The van der Waals surface area contributed by atoms with Gasteiger partial charge in [0.05, 0.1) is 11.4 Å². The third-order valence-electron chi connectivity index (χ3n) is 2.41. The van der Waals surface area contributed by atoms with Gasteiger partial charge in [-0.25, -0.2) is 12.8 Å². The van der Waals surface area contributed by atoms with Crippen molar-refractivity contribution in [3.63, 3.8) is 0 Å². The molecule has 1 amide bonds. The predicted molar refractivity (Wildman–Crippen MR) is 76.9 cm³/mol. The Bertz CT molecular complexity index is 605. The van der Waals surface area contributed by atoms with E-state index in [0.29, 0.717) is 0 Å². The lowest BCUT2D eigenvalue weighted by Gasteiger charge is -2.23. The van der Waals surface area contributed by atoms with Crippen molar-refractivity contribution in [3.8, 4) is 0 Å². The molecule has 20 heavy (non-hydrogen) atoms. The van der Waals surface area contributed by atoms with Gasteiger partial charge in [-0.2, -0.15) is 4.31 Å². The number of benzene rings is 1. The molecule has 0 spiro atoms. The van der Waals surface area contributed by atoms with Gasteiger partial charge in [0.2, 0.25) is 15.9 Å². The molecule has 1 aromatic carbocycles. The van der Waals surface area contributed by atoms with E-state index in [1.807, 2.05) is 13.8 Å². The van der Waals surface area contributed by atoms with Gasteiger partial charge in [-0.3, -0.25) is 4.79 Å². The van der Waals surface area contributed by atoms with Crippen molar-refractivity contribution in [1.82, 2.24) is 4.31 Å². The van der Waals surface area contributed by atoms with E-state index in [9.17, 15) is 17.6 Å². The second kappa shape index (κ2) is 6.64. The van der Waals surface area contributed by atoms with E-state index in [1.54, 1.807) is 0 Å². The molecule has 0 unspecified atom stereocenters. The lowest BCUT2D eigenvalue weighted by Crippen LogP contribution is -2.40. The fourth-order valence-corrected chi connectivity index (χ4v) is 4.23. The number of carbonyl (C=O) groups excluding carboxylic acids is 1. The van der Waals surface area contributed by atoms with Crippen molar-refractivity contribution in [2.75, 3.05) is 13.1 Å². The molecule has 0 aromatic heterocycles. The number of nitrogens with zero attached hydrogens (tertiary/aromatic N) is 1. The summed E-state index contributed by atoms with van der Waals surface area (Å²) in [5, 5.41) is 0. The summed E-state index contributed by atoms with van der Waals surface area (Å²) in [4.78, 5) is 11.0. The summed E-state index contributed by atoms with van der Waals surface area (Å²) in [6.45, 7) is 3.38. The zero-order chi connectivity index (χ0) is 15.5. The van der Waals surface area contributed by atoms with Crippen LogP contribution in [-0.2, 0) is 14.8 Å². The standard InChI is InChI=1S/C12H16BrFN2O3S/c1-8(2)6-16(7-12(15)17)20(18,19)11-4-3-9(14)5-10(11)13/h3-5,8H,6-7H2,1-2H3,(H2,15,17). The second-order valence-corrected chi connectivity index (χ2v) is 7.49. The van der Waals surface area contributed by atoms with E-state index in [2.05, 4.69) is 15.9 Å². The minimum absolute atomic E-state index is 0.0170. The van der Waals surface area contributed by atoms with Gasteiger partial charge in [0, 0.05) is 11.0 Å². The van der Waals surface area contributed by atoms with E-state index in [1.165, 1.54) is 0 Å². The van der Waals surface area contributed by atoms with Crippen LogP contribution in [0.3, 0.4) is 0 Å². The molecular formula is C12H16BrFN2O3S. The van der Waals surface area contributed by atoms with Crippen LogP contribution >= 0.6 is 15.9 Å². The van der Waals surface area contributed by atoms with Crippen molar-refractivity contribution >= 4 is 31.9 Å². The van der Waals surface area contributed by atoms with Gasteiger partial charge in [0.15, 0.2) is 0 Å². The van der Waals surface area contributed by atoms with Crippen molar-refractivity contribution in [3.05, 3.63) is 28.5 Å². The Morgan fingerprint density at radius 1 is 1.45 bits per heavy atom. The summed E-state index contributed by atoms with van der Waals surface area (Å²) in [5.41, 5.74) is 5.09. The molecule has 0 radical (unpaired) electrons. The Morgan fingerprint density at radius 3 is 2.50 bits per heavy atom. The number of hydrogen-bond donors (Lipinski definition) is 1. The molecule has 0 atom stereocenters. The molecule has 8 heteroatoms. The molecule has 1 rings (SSSR count). The van der Waals surface area contributed by atoms with E-state index in [4.69, 9.17) is 5.73 Å². The third-order valence-corrected chi connectivity index (χ3v) is 5.20. The molecule has 2 N–H and O–H groups in total. The van der Waals surface area contributed by atoms with Crippen molar-refractivity contribution in [2.24, 2.45) is 11.7 Å². The number of carbonyl (C=O) groups is 1. The molecule has 0 heterocycles. The highest BCUT2D eigenvalue weighted by molar-refractivity contribution is 9.10. The highest BCUT2D eigenvalue weighted by Crippen LogP contribution is 2.26. The first-order valence-electron chi connectivity index (χ1n) is 5.88. The summed E-state index contributed by atoms with van der Waals surface area (Å²) in [6, 6.07) is 3.27. The Labute approximate surface area is 126 Å². The SMILES string of the molecule is CC(C)CN(CC(N)=O)S(=O)(=O)c1ccc(F)cc1Br. The van der Waals surface area contributed by atoms with E-state index < -0.39 is 28.3 Å². The Kier molecular flexibility index (Phi) is 5.67. The Balaban J connectivity index is 3.24. The van der Waals surface area contributed by atoms with Crippen molar-refractivity contribution in [1.29, 1.82) is 0 Å². The molecule has 0 fully saturated rings. The zero-order valence-electron chi connectivity index (χ0n) is 11.1. The first-order valence-corrected chi connectivity index (χ1v) is 8.11. The number of hydrogen-bond acceptors (Lipinski definition) is 3. The average Bonchev–Trinajstić information content (AvgIpc) is 2.26. The summed E-state index contributed by atoms with van der Waals surface area (Å²) in [6.07, 6.45) is 0. The lowest BCUT2D eigenvalue weighted by molar-refractivity contribution is -0.118. The molecule has 0 saturated heterocycles. The molecular weight excluding hydrogens is 351 g/mol. The third kappa shape index (κ3) is 4.26. The molecule has 5 nitrogen and oxygen atoms in total. The van der Waals surface area contributed by atoms with Gasteiger partial charge in [-0.05, 0) is 40.0 Å². The van der Waals surface area contributed by atoms with Gasteiger partial charge in [0.1, 0.15) is 5.82 Å². The van der Waals surface area contributed by atoms with Crippen LogP contribution in [0.2, 0.25) is 0 Å². The quantitative estimate of drug-likeness (QED) is 0.832. The van der Waals surface area contributed by atoms with Gasteiger partial charge < -0.3 is 5.73 Å². The maximum absolute atomic E-state index is 13.0. The van der Waals surface area contributed by atoms with Crippen LogP contribution in [-0.4, -0.2) is 31.7 Å². The molecule has 1 aromatic rings. The smallest absolute Gasteiger partial charge is 0.244 e. The van der Waals surface area contributed by atoms with Crippen molar-refractivity contribution in [2.45, 2.75) is 18.7 Å². The van der Waals surface area contributed by atoms with Crippen LogP contribution in [0.5, 0.6) is 0 Å². The number of primary amides is 1. The van der Waals surface area contributed by atoms with E-state index >= 15 is 0 Å². The lowest BCUT2D eigenvalue weighted by atomic mass is 10.2. The minimum Gasteiger partial charge on any atom is -0.369 e. The van der Waals surface area contributed by atoms with Crippen LogP contribution in [0.4, 0.5) is 4.39 Å². The molecule has 0 aliphatic heterocycles. The van der Waals surface area contributed by atoms with Crippen LogP contribution < -0.4 is 5.73 Å². The van der Waals surface area contributed by atoms with Crippen LogP contribution in [0, 0.1) is 11.7 Å².